The number of aromatic carboxylic acids is 2. The Morgan fingerprint density at radius 1 is 1.22 bits per heavy atom. The molecule has 0 aliphatic heterocycles. The molecule has 9 heteroatoms. The third-order valence-corrected chi connectivity index (χ3v) is 4.30. The molecule has 2 unspecified atom stereocenters. The van der Waals surface area contributed by atoms with Gasteiger partial charge in [0.2, 0.25) is 5.65 Å². The van der Waals surface area contributed by atoms with Gasteiger partial charge in [-0.05, 0) is 18.8 Å². The van der Waals surface area contributed by atoms with Gasteiger partial charge in [0.1, 0.15) is 5.56 Å². The van der Waals surface area contributed by atoms with Gasteiger partial charge in [-0.25, -0.2) is 9.59 Å². The molecule has 1 fully saturated rings. The molecule has 2 aromatic heterocycles. The highest BCUT2D eigenvalue weighted by Crippen LogP contribution is 2.29. The normalized spacial score (nSPS) is 21.3. The first-order valence-corrected chi connectivity index (χ1v) is 7.46. The van der Waals surface area contributed by atoms with Crippen LogP contribution in [0.2, 0.25) is 0 Å². The Labute approximate surface area is 131 Å². The van der Waals surface area contributed by atoms with Crippen molar-refractivity contribution >= 4 is 23.3 Å². The van der Waals surface area contributed by atoms with Crippen molar-refractivity contribution in [3.63, 3.8) is 0 Å². The Morgan fingerprint density at radius 3 is 2.61 bits per heavy atom. The Balaban J connectivity index is 2.09. The van der Waals surface area contributed by atoms with Crippen LogP contribution in [0.4, 0.5) is 5.69 Å². The fraction of sp³-hybridized carbons (Fsp3) is 0.500. The van der Waals surface area contributed by atoms with Crippen molar-refractivity contribution in [2.45, 2.75) is 38.6 Å². The van der Waals surface area contributed by atoms with Crippen molar-refractivity contribution < 1.29 is 19.8 Å². The second-order valence-electron chi connectivity index (χ2n) is 5.82. The van der Waals surface area contributed by atoms with Crippen molar-refractivity contribution in [2.24, 2.45) is 5.92 Å². The predicted molar refractivity (Wildman–Crippen MR) is 79.7 cm³/mol. The standard InChI is InChI=1S/C14H17N5O4/c1-7-4-2-3-5-9(7)16-10-8(13(20)21)6-15-19-11(10)17-18-12(19)14(22)23/h6-7,9,16H,2-5H2,1H3,(H,20,21)(H,22,23). The summed E-state index contributed by atoms with van der Waals surface area (Å²) in [4.78, 5) is 22.6. The van der Waals surface area contributed by atoms with Gasteiger partial charge in [0.25, 0.3) is 5.82 Å². The lowest BCUT2D eigenvalue weighted by atomic mass is 9.86. The fourth-order valence-electron chi connectivity index (χ4n) is 3.00. The van der Waals surface area contributed by atoms with Crippen LogP contribution in [0.25, 0.3) is 5.65 Å². The maximum absolute atomic E-state index is 11.5. The molecule has 0 radical (unpaired) electrons. The van der Waals surface area contributed by atoms with E-state index in [1.807, 2.05) is 0 Å². The molecular formula is C14H17N5O4. The van der Waals surface area contributed by atoms with E-state index in [0.717, 1.165) is 36.4 Å². The molecule has 3 N–H and O–H groups in total. The average molecular weight is 319 g/mol. The number of fused-ring (bicyclic) bond motifs is 1. The number of rotatable bonds is 4. The monoisotopic (exact) mass is 319 g/mol. The van der Waals surface area contributed by atoms with Crippen LogP contribution in [-0.4, -0.2) is 48.0 Å². The topological polar surface area (TPSA) is 130 Å². The molecule has 0 spiro atoms. The van der Waals surface area contributed by atoms with Crippen LogP contribution in [-0.2, 0) is 0 Å². The minimum absolute atomic E-state index is 0.0420. The minimum atomic E-state index is -1.27. The molecule has 0 bridgehead atoms. The molecular weight excluding hydrogens is 302 g/mol. The van der Waals surface area contributed by atoms with E-state index in [0.29, 0.717) is 5.92 Å². The number of carboxylic acids is 2. The molecule has 9 nitrogen and oxygen atoms in total. The third kappa shape index (κ3) is 2.69. The molecule has 2 atom stereocenters. The number of carboxylic acid groups (broad SMARTS) is 2. The molecule has 0 amide bonds. The number of hydrogen-bond donors (Lipinski definition) is 3. The third-order valence-electron chi connectivity index (χ3n) is 4.30. The molecule has 1 aliphatic rings. The smallest absolute Gasteiger partial charge is 0.375 e. The quantitative estimate of drug-likeness (QED) is 0.773. The molecule has 2 aromatic rings. The van der Waals surface area contributed by atoms with Crippen molar-refractivity contribution in [1.29, 1.82) is 0 Å². The summed E-state index contributed by atoms with van der Waals surface area (Å²) in [6.07, 6.45) is 5.34. The van der Waals surface area contributed by atoms with Crippen LogP contribution < -0.4 is 5.32 Å². The lowest BCUT2D eigenvalue weighted by Gasteiger charge is -2.30. The Bertz CT molecular complexity index is 772. The van der Waals surface area contributed by atoms with Gasteiger partial charge in [-0.2, -0.15) is 9.61 Å². The lowest BCUT2D eigenvalue weighted by molar-refractivity contribution is 0.0677. The minimum Gasteiger partial charge on any atom is -0.478 e. The second kappa shape index (κ2) is 5.82. The van der Waals surface area contributed by atoms with Crippen molar-refractivity contribution in [3.05, 3.63) is 17.6 Å². The summed E-state index contributed by atoms with van der Waals surface area (Å²) in [6.45, 7) is 2.11. The highest BCUT2D eigenvalue weighted by atomic mass is 16.4. The summed E-state index contributed by atoms with van der Waals surface area (Å²) in [6, 6.07) is 0.109. The highest BCUT2D eigenvalue weighted by molar-refractivity contribution is 5.98. The molecule has 0 saturated heterocycles. The van der Waals surface area contributed by atoms with Crippen LogP contribution in [0.1, 0.15) is 53.6 Å². The van der Waals surface area contributed by atoms with Crippen LogP contribution in [0.5, 0.6) is 0 Å². The lowest BCUT2D eigenvalue weighted by Crippen LogP contribution is -2.31. The first kappa shape index (κ1) is 15.2. The van der Waals surface area contributed by atoms with Gasteiger partial charge >= 0.3 is 11.9 Å². The second-order valence-corrected chi connectivity index (χ2v) is 5.82. The first-order chi connectivity index (χ1) is 11.0. The molecule has 0 aromatic carbocycles. The van der Waals surface area contributed by atoms with Crippen LogP contribution in [0, 0.1) is 5.92 Å². The van der Waals surface area contributed by atoms with Gasteiger partial charge in [0, 0.05) is 6.04 Å². The number of nitrogens with zero attached hydrogens (tertiary/aromatic N) is 4. The van der Waals surface area contributed by atoms with Gasteiger partial charge in [0.05, 0.1) is 11.9 Å². The zero-order valence-electron chi connectivity index (χ0n) is 12.6. The Morgan fingerprint density at radius 2 is 1.96 bits per heavy atom. The number of carbonyl (C=O) groups is 2. The highest BCUT2D eigenvalue weighted by Gasteiger charge is 2.26. The largest absolute Gasteiger partial charge is 0.478 e. The molecule has 3 rings (SSSR count). The van der Waals surface area contributed by atoms with Crippen molar-refractivity contribution in [3.8, 4) is 0 Å². The van der Waals surface area contributed by atoms with Gasteiger partial charge in [0.15, 0.2) is 0 Å². The number of hydrogen-bond acceptors (Lipinski definition) is 6. The summed E-state index contributed by atoms with van der Waals surface area (Å²) in [5.74, 6) is -2.38. The van der Waals surface area contributed by atoms with E-state index in [1.165, 1.54) is 0 Å². The Kier molecular flexibility index (Phi) is 3.85. The predicted octanol–water partition coefficient (Wildman–Crippen LogP) is 1.51. The zero-order chi connectivity index (χ0) is 16.6. The molecule has 1 saturated carbocycles. The summed E-state index contributed by atoms with van der Waals surface area (Å²) >= 11 is 0. The zero-order valence-corrected chi connectivity index (χ0v) is 12.6. The average Bonchev–Trinajstić information content (AvgIpc) is 2.94. The van der Waals surface area contributed by atoms with E-state index in [9.17, 15) is 14.7 Å². The van der Waals surface area contributed by atoms with E-state index in [1.54, 1.807) is 0 Å². The molecule has 23 heavy (non-hydrogen) atoms. The molecule has 122 valence electrons. The maximum Gasteiger partial charge on any atom is 0.375 e. The summed E-state index contributed by atoms with van der Waals surface area (Å²) in [5, 5.41) is 33.0. The number of nitrogens with one attached hydrogen (secondary N) is 1. The summed E-state index contributed by atoms with van der Waals surface area (Å²) in [5.41, 5.74) is 0.339. The van der Waals surface area contributed by atoms with Gasteiger partial charge < -0.3 is 15.5 Å². The SMILES string of the molecule is CC1CCCCC1Nc1c(C(=O)O)cnn2c(C(=O)O)nnc12. The van der Waals surface area contributed by atoms with Crippen molar-refractivity contribution in [1.82, 2.24) is 19.8 Å². The van der Waals surface area contributed by atoms with Gasteiger partial charge in [-0.3, -0.25) is 0 Å². The first-order valence-electron chi connectivity index (χ1n) is 7.46. The van der Waals surface area contributed by atoms with E-state index in [2.05, 4.69) is 27.5 Å². The number of aromatic nitrogens is 4. The van der Waals surface area contributed by atoms with Crippen molar-refractivity contribution in [2.75, 3.05) is 5.32 Å². The Hall–Kier alpha value is -2.71. The van der Waals surface area contributed by atoms with E-state index < -0.39 is 11.9 Å². The van der Waals surface area contributed by atoms with E-state index >= 15 is 0 Å². The molecule has 2 heterocycles. The van der Waals surface area contributed by atoms with Gasteiger partial charge in [-0.1, -0.05) is 19.8 Å². The van der Waals surface area contributed by atoms with E-state index in [4.69, 9.17) is 5.11 Å². The summed E-state index contributed by atoms with van der Waals surface area (Å²) < 4.78 is 1.05. The van der Waals surface area contributed by atoms with Crippen LogP contribution >= 0.6 is 0 Å². The summed E-state index contributed by atoms with van der Waals surface area (Å²) in [7, 11) is 0. The van der Waals surface area contributed by atoms with Crippen LogP contribution in [0.3, 0.4) is 0 Å². The number of anilines is 1. The van der Waals surface area contributed by atoms with Crippen LogP contribution in [0.15, 0.2) is 6.20 Å². The molecule has 1 aliphatic carbocycles. The maximum atomic E-state index is 11.5. The van der Waals surface area contributed by atoms with Gasteiger partial charge in [-0.15, -0.1) is 10.2 Å². The van der Waals surface area contributed by atoms with E-state index in [-0.39, 0.29) is 28.8 Å². The fourth-order valence-corrected chi connectivity index (χ4v) is 3.00.